The van der Waals surface area contributed by atoms with Gasteiger partial charge >= 0.3 is 0 Å². The lowest BCUT2D eigenvalue weighted by Gasteiger charge is -2.28. The summed E-state index contributed by atoms with van der Waals surface area (Å²) in [7, 11) is 0. The fourth-order valence-corrected chi connectivity index (χ4v) is 11.2. The Kier molecular flexibility index (Phi) is 11.5. The van der Waals surface area contributed by atoms with Crippen LogP contribution in [0.2, 0.25) is 0 Å². The molecule has 14 aromatic rings. The van der Waals surface area contributed by atoms with Gasteiger partial charge in [0.15, 0.2) is 0 Å². The Labute approximate surface area is 448 Å². The number of benzene rings is 13. The first-order valence-corrected chi connectivity index (χ1v) is 26.3. The van der Waals surface area contributed by atoms with E-state index in [9.17, 15) is 0 Å². The second kappa shape index (κ2) is 19.6. The predicted molar refractivity (Wildman–Crippen MR) is 325 cm³/mol. The van der Waals surface area contributed by atoms with Crippen molar-refractivity contribution in [1.29, 1.82) is 0 Å². The van der Waals surface area contributed by atoms with Crippen molar-refractivity contribution >= 4 is 77.6 Å². The first kappa shape index (κ1) is 45.4. The van der Waals surface area contributed by atoms with Crippen molar-refractivity contribution in [2.75, 3.05) is 9.80 Å². The number of furan rings is 1. The zero-order valence-electron chi connectivity index (χ0n) is 42.2. The summed E-state index contributed by atoms with van der Waals surface area (Å²) < 4.78 is 6.80. The average Bonchev–Trinajstić information content (AvgIpc) is 3.97. The molecule has 0 atom stereocenters. The van der Waals surface area contributed by atoms with E-state index in [1.807, 2.05) is 0 Å². The van der Waals surface area contributed by atoms with Crippen LogP contribution in [0, 0.1) is 0 Å². The molecule has 0 aliphatic rings. The minimum Gasteiger partial charge on any atom is -0.455 e. The maximum atomic E-state index is 6.80. The smallest absolute Gasteiger partial charge is 0.143 e. The van der Waals surface area contributed by atoms with Gasteiger partial charge in [-0.15, -0.1) is 0 Å². The van der Waals surface area contributed by atoms with Gasteiger partial charge in [-0.3, -0.25) is 0 Å². The predicted octanol–water partition coefficient (Wildman–Crippen LogP) is 21.2. The third-order valence-corrected chi connectivity index (χ3v) is 15.0. The largest absolute Gasteiger partial charge is 0.455 e. The molecule has 0 fully saturated rings. The molecular weight excluding hydrogens is 933 g/mol. The highest BCUT2D eigenvalue weighted by molar-refractivity contribution is 6.17. The first-order valence-electron chi connectivity index (χ1n) is 26.3. The highest BCUT2D eigenvalue weighted by atomic mass is 16.3. The monoisotopic (exact) mass is 982 g/mol. The van der Waals surface area contributed by atoms with Crippen LogP contribution in [-0.4, -0.2) is 0 Å². The summed E-state index contributed by atoms with van der Waals surface area (Å²) in [6.07, 6.45) is 0. The van der Waals surface area contributed by atoms with E-state index in [1.165, 1.54) is 38.4 Å². The molecule has 0 aliphatic heterocycles. The molecule has 13 aromatic carbocycles. The molecule has 14 rings (SSSR count). The van der Waals surface area contributed by atoms with Crippen LogP contribution >= 0.6 is 0 Å². The Morgan fingerprint density at radius 2 is 0.571 bits per heavy atom. The van der Waals surface area contributed by atoms with E-state index in [0.717, 1.165) is 94.8 Å². The van der Waals surface area contributed by atoms with Gasteiger partial charge in [-0.1, -0.05) is 218 Å². The van der Waals surface area contributed by atoms with Gasteiger partial charge in [0.05, 0.1) is 0 Å². The molecule has 0 aliphatic carbocycles. The minimum absolute atomic E-state index is 0.898. The van der Waals surface area contributed by atoms with E-state index in [1.54, 1.807) is 0 Å². The fourth-order valence-electron chi connectivity index (χ4n) is 11.2. The summed E-state index contributed by atoms with van der Waals surface area (Å²) in [6.45, 7) is 0. The second-order valence-electron chi connectivity index (χ2n) is 19.7. The molecule has 0 amide bonds. The van der Waals surface area contributed by atoms with Gasteiger partial charge in [-0.25, -0.2) is 0 Å². The Morgan fingerprint density at radius 3 is 1.14 bits per heavy atom. The van der Waals surface area contributed by atoms with Crippen molar-refractivity contribution in [1.82, 2.24) is 0 Å². The maximum absolute atomic E-state index is 6.80. The van der Waals surface area contributed by atoms with E-state index in [-0.39, 0.29) is 0 Å². The SMILES string of the molecule is c1ccc(-c2cccc(N(c3ccc(-c4cccc5c4oc4c6ccccc6ccc54)cc3)c3cccc(-c4cccc(N(c5cccc(-c6ccccc6)c5)c5ccc6cc(-c7ccccc7)ccc6c5)c4)c3)c2)cc1. The lowest BCUT2D eigenvalue weighted by Crippen LogP contribution is -2.11. The average molecular weight is 983 g/mol. The number of fused-ring (bicyclic) bond motifs is 6. The van der Waals surface area contributed by atoms with Crippen molar-refractivity contribution in [2.45, 2.75) is 0 Å². The highest BCUT2D eigenvalue weighted by Gasteiger charge is 2.20. The van der Waals surface area contributed by atoms with Crippen molar-refractivity contribution in [3.8, 4) is 55.6 Å². The molecule has 0 bridgehead atoms. The standard InChI is InChI=1S/C74H50N2O/c1-4-17-51(18-5-1)56-24-12-28-64(46-56)75(63-41-37-55(38-42-63)70-33-16-34-71-72-44-40-54-23-10-11-32-69(54)74(72)77-73(70)71)65-29-14-26-58(48-65)59-27-15-31-67(49-59)76(66-30-13-25-57(47-66)52-19-6-2-7-20-52)68-43-39-61-45-60(35-36-62(61)50-68)53-21-8-3-9-22-53/h1-50H. The van der Waals surface area contributed by atoms with Crippen LogP contribution < -0.4 is 9.80 Å². The van der Waals surface area contributed by atoms with Crippen LogP contribution in [-0.2, 0) is 0 Å². The Hall–Kier alpha value is -10.2. The molecule has 362 valence electrons. The quantitative estimate of drug-likeness (QED) is 0.129. The van der Waals surface area contributed by atoms with E-state index in [0.29, 0.717) is 0 Å². The van der Waals surface area contributed by atoms with Gasteiger partial charge in [0.1, 0.15) is 11.2 Å². The third kappa shape index (κ3) is 8.66. The molecule has 0 unspecified atom stereocenters. The summed E-state index contributed by atoms with van der Waals surface area (Å²) in [5.74, 6) is 0. The normalized spacial score (nSPS) is 11.4. The van der Waals surface area contributed by atoms with Crippen molar-refractivity contribution in [3.63, 3.8) is 0 Å². The Morgan fingerprint density at radius 1 is 0.195 bits per heavy atom. The Balaban J connectivity index is 0.865. The number of hydrogen-bond acceptors (Lipinski definition) is 3. The van der Waals surface area contributed by atoms with Gasteiger partial charge in [0, 0.05) is 55.8 Å². The highest BCUT2D eigenvalue weighted by Crippen LogP contribution is 2.44. The van der Waals surface area contributed by atoms with Gasteiger partial charge in [-0.2, -0.15) is 0 Å². The number of hydrogen-bond donors (Lipinski definition) is 0. The van der Waals surface area contributed by atoms with Crippen LogP contribution in [0.1, 0.15) is 0 Å². The molecule has 77 heavy (non-hydrogen) atoms. The lowest BCUT2D eigenvalue weighted by molar-refractivity contribution is 0.674. The van der Waals surface area contributed by atoms with Gasteiger partial charge in [0.2, 0.25) is 0 Å². The van der Waals surface area contributed by atoms with Crippen LogP contribution in [0.3, 0.4) is 0 Å². The van der Waals surface area contributed by atoms with E-state index >= 15 is 0 Å². The number of nitrogens with zero attached hydrogens (tertiary/aromatic N) is 2. The fraction of sp³-hybridized carbons (Fsp3) is 0. The zero-order chi connectivity index (χ0) is 51.1. The topological polar surface area (TPSA) is 19.6 Å². The summed E-state index contributed by atoms with van der Waals surface area (Å²) in [5.41, 5.74) is 19.7. The van der Waals surface area contributed by atoms with Crippen molar-refractivity contribution < 1.29 is 4.42 Å². The number of para-hydroxylation sites is 1. The third-order valence-electron chi connectivity index (χ3n) is 15.0. The van der Waals surface area contributed by atoms with Crippen LogP contribution in [0.5, 0.6) is 0 Å². The summed E-state index contributed by atoms with van der Waals surface area (Å²) in [6, 6.07) is 109. The molecule has 0 N–H and O–H groups in total. The van der Waals surface area contributed by atoms with Crippen LogP contribution in [0.15, 0.2) is 308 Å². The van der Waals surface area contributed by atoms with Crippen molar-refractivity contribution in [3.05, 3.63) is 303 Å². The molecule has 1 heterocycles. The number of rotatable bonds is 11. The molecular formula is C74H50N2O. The van der Waals surface area contributed by atoms with E-state index < -0.39 is 0 Å². The molecule has 0 spiro atoms. The molecule has 3 nitrogen and oxygen atoms in total. The summed E-state index contributed by atoms with van der Waals surface area (Å²) in [4.78, 5) is 4.76. The summed E-state index contributed by atoms with van der Waals surface area (Å²) in [5, 5.41) is 6.92. The van der Waals surface area contributed by atoms with Gasteiger partial charge in [-0.05, 0) is 151 Å². The van der Waals surface area contributed by atoms with E-state index in [2.05, 4.69) is 313 Å². The Bertz CT molecular complexity index is 4450. The first-order chi connectivity index (χ1) is 38.1. The molecule has 1 aromatic heterocycles. The second-order valence-corrected chi connectivity index (χ2v) is 19.7. The number of anilines is 6. The van der Waals surface area contributed by atoms with Crippen LogP contribution in [0.25, 0.3) is 99.1 Å². The van der Waals surface area contributed by atoms with Gasteiger partial charge < -0.3 is 14.2 Å². The minimum atomic E-state index is 0.898. The zero-order valence-corrected chi connectivity index (χ0v) is 42.2. The maximum Gasteiger partial charge on any atom is 0.143 e. The lowest BCUT2D eigenvalue weighted by atomic mass is 9.99. The van der Waals surface area contributed by atoms with Gasteiger partial charge in [0.25, 0.3) is 0 Å². The molecule has 0 saturated heterocycles. The molecule has 0 radical (unpaired) electrons. The van der Waals surface area contributed by atoms with Crippen molar-refractivity contribution in [2.24, 2.45) is 0 Å². The van der Waals surface area contributed by atoms with Crippen LogP contribution in [0.4, 0.5) is 34.1 Å². The molecule has 0 saturated carbocycles. The van der Waals surface area contributed by atoms with E-state index in [4.69, 9.17) is 4.42 Å². The summed E-state index contributed by atoms with van der Waals surface area (Å²) >= 11 is 0. The molecule has 3 heteroatoms.